The molecule has 0 aliphatic heterocycles. The molecule has 2 heterocycles. The topological polar surface area (TPSA) is 67.8 Å². The molecular weight excluding hydrogens is 520 g/mol. The van der Waals surface area contributed by atoms with Crippen molar-refractivity contribution in [3.8, 4) is 11.1 Å². The van der Waals surface area contributed by atoms with E-state index in [-0.39, 0.29) is 61.8 Å². The predicted molar refractivity (Wildman–Crippen MR) is 146 cm³/mol. The summed E-state index contributed by atoms with van der Waals surface area (Å²) < 4.78 is 55.9. The highest BCUT2D eigenvalue weighted by molar-refractivity contribution is 6.06. The highest BCUT2D eigenvalue weighted by atomic mass is 19.3. The number of anilines is 1. The lowest BCUT2D eigenvalue weighted by Gasteiger charge is -2.31. The third-order valence-corrected chi connectivity index (χ3v) is 8.18. The lowest BCUT2D eigenvalue weighted by atomic mass is 9.78. The molecule has 2 saturated carbocycles. The molecule has 3 aromatic rings. The van der Waals surface area contributed by atoms with Crippen LogP contribution in [-0.2, 0) is 0 Å². The minimum Gasteiger partial charge on any atom is -0.320 e. The minimum atomic E-state index is -2.71. The number of amides is 1. The number of halogens is 4. The van der Waals surface area contributed by atoms with Gasteiger partial charge in [0, 0.05) is 61.7 Å². The van der Waals surface area contributed by atoms with Crippen molar-refractivity contribution in [3.63, 3.8) is 0 Å². The van der Waals surface area contributed by atoms with Crippen LogP contribution in [0.2, 0.25) is 0 Å². The Morgan fingerprint density at radius 1 is 0.825 bits per heavy atom. The van der Waals surface area contributed by atoms with Gasteiger partial charge in [0.25, 0.3) is 5.91 Å². The maximum Gasteiger partial charge on any atom is 0.258 e. The molecule has 40 heavy (non-hydrogen) atoms. The minimum absolute atomic E-state index is 0.0543. The second-order valence-electron chi connectivity index (χ2n) is 11.4. The standard InChI is InChI=1S/C31H34F4N4O/c1-19(2)28-37-17-22(18-38-28)29(40)39-27-25(11-16-36-26(27)21-9-14-31(34,35)15-10-21)24-6-4-3-5-23(24)20-7-12-30(32,33)13-8-20/h3-6,11,16-21H,7-10,12-15H2,1-2H3,(H,39,40). The Morgan fingerprint density at radius 3 is 2.00 bits per heavy atom. The van der Waals surface area contributed by atoms with Gasteiger partial charge in [-0.1, -0.05) is 38.1 Å². The Labute approximate surface area is 231 Å². The van der Waals surface area contributed by atoms with Gasteiger partial charge in [0.05, 0.1) is 16.9 Å². The van der Waals surface area contributed by atoms with Crippen molar-refractivity contribution in [2.45, 2.75) is 94.8 Å². The van der Waals surface area contributed by atoms with E-state index >= 15 is 0 Å². The van der Waals surface area contributed by atoms with Crippen LogP contribution in [0.4, 0.5) is 23.2 Å². The van der Waals surface area contributed by atoms with Gasteiger partial charge in [0.1, 0.15) is 5.82 Å². The number of benzene rings is 1. The maximum atomic E-state index is 14.0. The van der Waals surface area contributed by atoms with Gasteiger partial charge in [0.2, 0.25) is 11.8 Å². The third kappa shape index (κ3) is 6.18. The highest BCUT2D eigenvalue weighted by Crippen LogP contribution is 2.47. The summed E-state index contributed by atoms with van der Waals surface area (Å²) in [6.07, 6.45) is 4.99. The largest absolute Gasteiger partial charge is 0.320 e. The Bertz CT molecular complexity index is 1340. The zero-order chi connectivity index (χ0) is 28.5. The van der Waals surface area contributed by atoms with Crippen LogP contribution in [-0.4, -0.2) is 32.7 Å². The first-order valence-corrected chi connectivity index (χ1v) is 14.0. The number of pyridine rings is 1. The van der Waals surface area contributed by atoms with Crippen molar-refractivity contribution < 1.29 is 22.4 Å². The summed E-state index contributed by atoms with van der Waals surface area (Å²) in [7, 11) is 0. The fraction of sp³-hybridized carbons (Fsp3) is 0.484. The molecule has 0 spiro atoms. The van der Waals surface area contributed by atoms with E-state index in [0.717, 1.165) is 11.1 Å². The van der Waals surface area contributed by atoms with E-state index in [9.17, 15) is 22.4 Å². The van der Waals surface area contributed by atoms with Gasteiger partial charge in [-0.25, -0.2) is 27.5 Å². The summed E-state index contributed by atoms with van der Waals surface area (Å²) in [5.74, 6) is -5.37. The summed E-state index contributed by atoms with van der Waals surface area (Å²) in [5, 5.41) is 3.01. The van der Waals surface area contributed by atoms with Crippen LogP contribution < -0.4 is 5.32 Å². The number of aromatic nitrogens is 3. The van der Waals surface area contributed by atoms with Crippen LogP contribution in [0.1, 0.15) is 110 Å². The van der Waals surface area contributed by atoms with Crippen molar-refractivity contribution in [1.82, 2.24) is 15.0 Å². The van der Waals surface area contributed by atoms with Crippen molar-refractivity contribution in [2.24, 2.45) is 0 Å². The molecule has 1 amide bonds. The van der Waals surface area contributed by atoms with Crippen LogP contribution in [0.15, 0.2) is 48.9 Å². The Kier molecular flexibility index (Phi) is 7.93. The number of rotatable bonds is 6. The highest BCUT2D eigenvalue weighted by Gasteiger charge is 2.38. The summed E-state index contributed by atoms with van der Waals surface area (Å²) in [6, 6.07) is 9.44. The zero-order valence-corrected chi connectivity index (χ0v) is 22.8. The van der Waals surface area contributed by atoms with Crippen LogP contribution >= 0.6 is 0 Å². The first-order chi connectivity index (χ1) is 19.0. The van der Waals surface area contributed by atoms with Crippen LogP contribution in [0, 0.1) is 0 Å². The number of carbonyl (C=O) groups is 1. The molecule has 0 bridgehead atoms. The number of alkyl halides is 4. The molecule has 2 fully saturated rings. The summed E-state index contributed by atoms with van der Waals surface area (Å²) in [4.78, 5) is 26.7. The smallest absolute Gasteiger partial charge is 0.258 e. The van der Waals surface area contributed by atoms with Crippen LogP contribution in [0.3, 0.4) is 0 Å². The Balaban J connectivity index is 1.55. The third-order valence-electron chi connectivity index (χ3n) is 8.18. The molecule has 1 aromatic carbocycles. The first-order valence-electron chi connectivity index (χ1n) is 14.0. The second-order valence-corrected chi connectivity index (χ2v) is 11.4. The molecule has 1 N–H and O–H groups in total. The second kappa shape index (κ2) is 11.3. The van der Waals surface area contributed by atoms with E-state index in [1.165, 1.54) is 12.4 Å². The lowest BCUT2D eigenvalue weighted by molar-refractivity contribution is -0.0388. The van der Waals surface area contributed by atoms with E-state index in [1.54, 1.807) is 12.3 Å². The maximum absolute atomic E-state index is 14.0. The fourth-order valence-corrected chi connectivity index (χ4v) is 5.85. The molecule has 0 radical (unpaired) electrons. The van der Waals surface area contributed by atoms with Gasteiger partial charge in [-0.15, -0.1) is 0 Å². The quantitative estimate of drug-likeness (QED) is 0.310. The van der Waals surface area contributed by atoms with Gasteiger partial charge >= 0.3 is 0 Å². The van der Waals surface area contributed by atoms with Gasteiger partial charge in [0.15, 0.2) is 0 Å². The molecular formula is C31H34F4N4O. The van der Waals surface area contributed by atoms with E-state index in [4.69, 9.17) is 0 Å². The van der Waals surface area contributed by atoms with Gasteiger partial charge in [-0.2, -0.15) is 0 Å². The van der Waals surface area contributed by atoms with E-state index in [0.29, 0.717) is 35.6 Å². The molecule has 5 rings (SSSR count). The van der Waals surface area contributed by atoms with Crippen LogP contribution in [0.25, 0.3) is 11.1 Å². The average Bonchev–Trinajstić information content (AvgIpc) is 2.93. The summed E-state index contributed by atoms with van der Waals surface area (Å²) in [5.41, 5.74) is 3.75. The molecule has 0 saturated heterocycles. The predicted octanol–water partition coefficient (Wildman–Crippen LogP) is 8.50. The number of carbonyl (C=O) groups excluding carboxylic acids is 1. The Hall–Kier alpha value is -3.36. The molecule has 2 aliphatic carbocycles. The average molecular weight is 555 g/mol. The van der Waals surface area contributed by atoms with Crippen LogP contribution in [0.5, 0.6) is 0 Å². The fourth-order valence-electron chi connectivity index (χ4n) is 5.85. The van der Waals surface area contributed by atoms with E-state index in [1.807, 2.05) is 38.1 Å². The molecule has 0 atom stereocenters. The van der Waals surface area contributed by atoms with Crippen molar-refractivity contribution in [2.75, 3.05) is 5.32 Å². The lowest BCUT2D eigenvalue weighted by Crippen LogP contribution is -2.25. The SMILES string of the molecule is CC(C)c1ncc(C(=O)Nc2c(-c3ccccc3C3CCC(F)(F)CC3)ccnc2C2CCC(F)(F)CC2)cn1. The zero-order valence-electron chi connectivity index (χ0n) is 22.8. The molecule has 0 unspecified atom stereocenters. The number of nitrogens with zero attached hydrogens (tertiary/aromatic N) is 3. The normalized spacial score (nSPS) is 19.5. The van der Waals surface area contributed by atoms with Gasteiger partial charge < -0.3 is 5.32 Å². The first kappa shape index (κ1) is 28.2. The molecule has 2 aliphatic rings. The number of nitrogens with one attached hydrogen (secondary N) is 1. The van der Waals surface area contributed by atoms with Gasteiger partial charge in [-0.3, -0.25) is 9.78 Å². The Morgan fingerprint density at radius 2 is 1.40 bits per heavy atom. The number of hydrogen-bond acceptors (Lipinski definition) is 4. The summed E-state index contributed by atoms with van der Waals surface area (Å²) >= 11 is 0. The molecule has 9 heteroatoms. The monoisotopic (exact) mass is 554 g/mol. The van der Waals surface area contributed by atoms with Gasteiger partial charge in [-0.05, 0) is 48.8 Å². The van der Waals surface area contributed by atoms with Crippen molar-refractivity contribution in [3.05, 3.63) is 71.6 Å². The van der Waals surface area contributed by atoms with Crippen molar-refractivity contribution >= 4 is 11.6 Å². The van der Waals surface area contributed by atoms with E-state index < -0.39 is 17.8 Å². The molecule has 212 valence electrons. The molecule has 2 aromatic heterocycles. The number of hydrogen-bond donors (Lipinski definition) is 1. The van der Waals surface area contributed by atoms with E-state index in [2.05, 4.69) is 20.3 Å². The van der Waals surface area contributed by atoms with Crippen molar-refractivity contribution in [1.29, 1.82) is 0 Å². The summed E-state index contributed by atoms with van der Waals surface area (Å²) in [6.45, 7) is 3.92. The molecule has 5 nitrogen and oxygen atoms in total.